The predicted octanol–water partition coefficient (Wildman–Crippen LogP) is -7.91. The zero-order valence-corrected chi connectivity index (χ0v) is 16.7. The van der Waals surface area contributed by atoms with E-state index in [1.54, 1.807) is 0 Å². The Morgan fingerprint density at radius 2 is 0.560 bits per heavy atom. The maximum Gasteiger partial charge on any atom is 4.00 e. The van der Waals surface area contributed by atoms with E-state index in [2.05, 4.69) is 0 Å². The predicted molar refractivity (Wildman–Crippen MR) is 72.5 cm³/mol. The van der Waals surface area contributed by atoms with E-state index < -0.39 is 48.3 Å². The van der Waals surface area contributed by atoms with E-state index >= 15 is 0 Å². The number of aliphatic carboxylic acids is 4. The average molecular weight is 475 g/mol. The van der Waals surface area contributed by atoms with Gasteiger partial charge in [0, 0.05) is 0 Å². The van der Waals surface area contributed by atoms with E-state index in [1.807, 2.05) is 0 Å². The molecule has 4 N–H and O–H groups in total. The normalized spacial score (nSPS) is 13.1. The van der Waals surface area contributed by atoms with Gasteiger partial charge in [0.2, 0.25) is 0 Å². The molecule has 0 radical (unpaired) electrons. The number of aliphatic hydroxyl groups is 4. The van der Waals surface area contributed by atoms with Gasteiger partial charge < -0.3 is 60.0 Å². The van der Waals surface area contributed by atoms with Gasteiger partial charge in [-0.2, -0.15) is 0 Å². The van der Waals surface area contributed by atoms with E-state index in [0.717, 1.165) is 27.7 Å². The molecule has 0 aliphatic rings. The van der Waals surface area contributed by atoms with E-state index in [1.165, 1.54) is 0 Å². The van der Waals surface area contributed by atoms with Crippen LogP contribution in [-0.4, -0.2) is 92.6 Å². The SMILES string of the molecule is CC(O)C(=O)[O-].CC(O)C(=O)[O-].CC(O)C(=O)[O-].CC(O)C(=O)[O-].[Sn+4]. The molecule has 0 aliphatic carbocycles. The van der Waals surface area contributed by atoms with Crippen molar-refractivity contribution < 1.29 is 60.0 Å². The standard InChI is InChI=1S/4C3H6O3.Sn/c4*1-2(4)3(5)6;/h4*2,4H,1H3,(H,5,6);/q;;;;+4/p-4. The van der Waals surface area contributed by atoms with E-state index in [-0.39, 0.29) is 23.9 Å². The largest absolute Gasteiger partial charge is 4.00 e. The zero-order chi connectivity index (χ0) is 20.6. The van der Waals surface area contributed by atoms with Gasteiger partial charge in [-0.25, -0.2) is 0 Å². The molecular weight excluding hydrogens is 455 g/mol. The topological polar surface area (TPSA) is 241 Å². The van der Waals surface area contributed by atoms with Crippen LogP contribution in [0.3, 0.4) is 0 Å². The smallest absolute Gasteiger partial charge is 0.547 e. The average Bonchev–Trinajstić information content (AvgIpc) is 2.40. The molecule has 0 saturated carbocycles. The van der Waals surface area contributed by atoms with Crippen LogP contribution in [-0.2, 0) is 19.2 Å². The summed E-state index contributed by atoms with van der Waals surface area (Å²) in [5.74, 6) is -5.74. The molecule has 0 saturated heterocycles. The number of carboxylic acids is 4. The molecule has 144 valence electrons. The van der Waals surface area contributed by atoms with Gasteiger partial charge >= 0.3 is 23.9 Å². The van der Waals surface area contributed by atoms with Gasteiger partial charge in [-0.05, 0) is 27.7 Å². The summed E-state index contributed by atoms with van der Waals surface area (Å²) in [5, 5.41) is 69.2. The number of carbonyl (C=O) groups is 4. The van der Waals surface area contributed by atoms with E-state index in [4.69, 9.17) is 20.4 Å². The van der Waals surface area contributed by atoms with Crippen LogP contribution in [0.5, 0.6) is 0 Å². The number of hydrogen-bond acceptors (Lipinski definition) is 12. The Hall–Kier alpha value is -1.48. The molecule has 0 aromatic rings. The summed E-state index contributed by atoms with van der Waals surface area (Å²) in [4.78, 5) is 37.4. The molecule has 13 heteroatoms. The number of carbonyl (C=O) groups excluding carboxylic acids is 4. The van der Waals surface area contributed by atoms with Crippen LogP contribution in [0, 0.1) is 0 Å². The maximum atomic E-state index is 9.34. The molecule has 0 aromatic heterocycles. The van der Waals surface area contributed by atoms with E-state index in [0.29, 0.717) is 0 Å². The Labute approximate surface area is 160 Å². The van der Waals surface area contributed by atoms with Gasteiger partial charge in [0.1, 0.15) is 0 Å². The molecule has 25 heavy (non-hydrogen) atoms. The Morgan fingerprint density at radius 3 is 0.560 bits per heavy atom. The van der Waals surface area contributed by atoms with Crippen molar-refractivity contribution in [2.75, 3.05) is 0 Å². The van der Waals surface area contributed by atoms with Crippen molar-refractivity contribution in [2.45, 2.75) is 52.1 Å². The summed E-state index contributed by atoms with van der Waals surface area (Å²) in [6, 6.07) is 0. The molecule has 4 unspecified atom stereocenters. The van der Waals surface area contributed by atoms with Crippen molar-refractivity contribution in [1.29, 1.82) is 0 Å². The van der Waals surface area contributed by atoms with Crippen LogP contribution in [0.2, 0.25) is 0 Å². The van der Waals surface area contributed by atoms with Crippen LogP contribution >= 0.6 is 0 Å². The van der Waals surface area contributed by atoms with Gasteiger partial charge in [0.15, 0.2) is 0 Å². The van der Waals surface area contributed by atoms with Gasteiger partial charge in [-0.1, -0.05) is 0 Å². The fourth-order valence-electron chi connectivity index (χ4n) is 0. The third-order valence-electron chi connectivity index (χ3n) is 1.36. The molecule has 0 aromatic carbocycles. The van der Waals surface area contributed by atoms with Crippen LogP contribution < -0.4 is 20.4 Å². The zero-order valence-electron chi connectivity index (χ0n) is 13.9. The Balaban J connectivity index is -0.0000000702. The molecule has 0 aliphatic heterocycles. The fraction of sp³-hybridized carbons (Fsp3) is 0.667. The first-order valence-electron chi connectivity index (χ1n) is 6.13. The quantitative estimate of drug-likeness (QED) is 0.277. The van der Waals surface area contributed by atoms with Gasteiger partial charge in [0.05, 0.1) is 48.3 Å². The van der Waals surface area contributed by atoms with E-state index in [9.17, 15) is 39.6 Å². The molecule has 0 rings (SSSR count). The van der Waals surface area contributed by atoms with Crippen LogP contribution in [0.15, 0.2) is 0 Å². The summed E-state index contributed by atoms with van der Waals surface area (Å²) in [5.41, 5.74) is 0. The van der Waals surface area contributed by atoms with Crippen molar-refractivity contribution in [2.24, 2.45) is 0 Å². The Bertz CT molecular complexity index is 306. The molecule has 0 heterocycles. The van der Waals surface area contributed by atoms with Crippen LogP contribution in [0.25, 0.3) is 0 Å². The molecule has 0 bridgehead atoms. The van der Waals surface area contributed by atoms with Gasteiger partial charge in [-0.3, -0.25) is 0 Å². The Morgan fingerprint density at radius 1 is 0.520 bits per heavy atom. The molecule has 0 fully saturated rings. The van der Waals surface area contributed by atoms with Crippen molar-refractivity contribution in [1.82, 2.24) is 0 Å². The van der Waals surface area contributed by atoms with Crippen LogP contribution in [0.1, 0.15) is 27.7 Å². The third kappa shape index (κ3) is 45.0. The van der Waals surface area contributed by atoms with Crippen molar-refractivity contribution in [3.8, 4) is 0 Å². The monoisotopic (exact) mass is 476 g/mol. The first kappa shape index (κ1) is 34.8. The van der Waals surface area contributed by atoms with Crippen LogP contribution in [0.4, 0.5) is 0 Å². The molecule has 0 spiro atoms. The summed E-state index contributed by atoms with van der Waals surface area (Å²) in [6.45, 7) is 4.54. The number of hydrogen-bond donors (Lipinski definition) is 4. The molecule has 0 amide bonds. The Kier molecular flexibility index (Phi) is 28.6. The second-order valence-corrected chi connectivity index (χ2v) is 3.98. The first-order valence-corrected chi connectivity index (χ1v) is 6.13. The van der Waals surface area contributed by atoms with Crippen molar-refractivity contribution in [3.05, 3.63) is 0 Å². The van der Waals surface area contributed by atoms with Gasteiger partial charge in [0.25, 0.3) is 0 Å². The van der Waals surface area contributed by atoms with Crippen molar-refractivity contribution >= 4 is 47.8 Å². The molecular formula is C12H20O12Sn. The number of aliphatic hydroxyl groups excluding tert-OH is 4. The minimum atomic E-state index is -1.44. The van der Waals surface area contributed by atoms with Crippen molar-refractivity contribution in [3.63, 3.8) is 0 Å². The van der Waals surface area contributed by atoms with Gasteiger partial charge in [-0.15, -0.1) is 0 Å². The summed E-state index contributed by atoms with van der Waals surface area (Å²) in [7, 11) is 0. The minimum Gasteiger partial charge on any atom is -0.547 e. The minimum absolute atomic E-state index is 0. The maximum absolute atomic E-state index is 9.34. The second kappa shape index (κ2) is 20.6. The first-order chi connectivity index (χ1) is 10.6. The molecule has 4 atom stereocenters. The molecule has 12 nitrogen and oxygen atoms in total. The third-order valence-corrected chi connectivity index (χ3v) is 1.36. The number of carboxylic acid groups (broad SMARTS) is 4. The summed E-state index contributed by atoms with van der Waals surface area (Å²) < 4.78 is 0. The second-order valence-electron chi connectivity index (χ2n) is 3.98. The number of rotatable bonds is 4. The summed E-state index contributed by atoms with van der Waals surface area (Å²) in [6.07, 6.45) is -5.37. The summed E-state index contributed by atoms with van der Waals surface area (Å²) >= 11 is 0. The fourth-order valence-corrected chi connectivity index (χ4v) is 0.